The minimum absolute atomic E-state index is 0.133. The molecule has 0 aromatic heterocycles. The molecule has 2 bridgehead atoms. The van der Waals surface area contributed by atoms with E-state index in [1.165, 1.54) is 19.8 Å². The molecule has 0 aromatic carbocycles. The molecule has 2 fully saturated rings. The summed E-state index contributed by atoms with van der Waals surface area (Å²) in [4.78, 5) is 10.8. The maximum absolute atomic E-state index is 10.8. The van der Waals surface area contributed by atoms with Gasteiger partial charge in [0.2, 0.25) is 0 Å². The van der Waals surface area contributed by atoms with E-state index in [1.54, 1.807) is 0 Å². The van der Waals surface area contributed by atoms with Crippen molar-refractivity contribution in [3.63, 3.8) is 0 Å². The normalized spacial score (nSPS) is 38.4. The van der Waals surface area contributed by atoms with Gasteiger partial charge in [0.25, 0.3) is 0 Å². The number of esters is 1. The van der Waals surface area contributed by atoms with Crippen molar-refractivity contribution in [1.29, 1.82) is 0 Å². The molecule has 2 aliphatic heterocycles. The second-order valence-corrected chi connectivity index (χ2v) is 4.13. The van der Waals surface area contributed by atoms with E-state index in [1.807, 2.05) is 0 Å². The zero-order valence-electron chi connectivity index (χ0n) is 8.08. The number of hydrogen-bond acceptors (Lipinski definition) is 3. The van der Waals surface area contributed by atoms with E-state index >= 15 is 0 Å². The summed E-state index contributed by atoms with van der Waals surface area (Å²) in [5.74, 6) is -0.143. The largest absolute Gasteiger partial charge is 0.461 e. The minimum Gasteiger partial charge on any atom is -0.461 e. The summed E-state index contributed by atoms with van der Waals surface area (Å²) < 4.78 is 5.28. The van der Waals surface area contributed by atoms with Crippen LogP contribution in [0, 0.1) is 0 Å². The molecule has 13 heavy (non-hydrogen) atoms. The predicted molar refractivity (Wildman–Crippen MR) is 49.4 cm³/mol. The van der Waals surface area contributed by atoms with Gasteiger partial charge < -0.3 is 10.1 Å². The van der Waals surface area contributed by atoms with Gasteiger partial charge in [0.15, 0.2) is 0 Å². The fourth-order valence-electron chi connectivity index (χ4n) is 2.50. The van der Waals surface area contributed by atoms with Gasteiger partial charge in [-0.1, -0.05) is 6.42 Å². The van der Waals surface area contributed by atoms with E-state index in [2.05, 4.69) is 5.32 Å². The molecule has 1 N–H and O–H groups in total. The third kappa shape index (κ3) is 2.02. The Labute approximate surface area is 78.8 Å². The average molecular weight is 183 g/mol. The molecule has 0 saturated carbocycles. The van der Waals surface area contributed by atoms with Crippen LogP contribution in [0.25, 0.3) is 0 Å². The van der Waals surface area contributed by atoms with Gasteiger partial charge in [-0.3, -0.25) is 4.79 Å². The molecular weight excluding hydrogens is 166 g/mol. The average Bonchev–Trinajstić information content (AvgIpc) is 2.10. The molecule has 2 heterocycles. The smallest absolute Gasteiger partial charge is 0.302 e. The van der Waals surface area contributed by atoms with Crippen molar-refractivity contribution in [2.75, 3.05) is 0 Å². The highest BCUT2D eigenvalue weighted by atomic mass is 16.5. The molecular formula is C10H17NO2. The van der Waals surface area contributed by atoms with Gasteiger partial charge in [-0.2, -0.15) is 0 Å². The highest BCUT2D eigenvalue weighted by molar-refractivity contribution is 5.66. The van der Waals surface area contributed by atoms with Crippen LogP contribution < -0.4 is 5.32 Å². The van der Waals surface area contributed by atoms with Gasteiger partial charge in [0.05, 0.1) is 0 Å². The fraction of sp³-hybridized carbons (Fsp3) is 0.900. The summed E-state index contributed by atoms with van der Waals surface area (Å²) in [6, 6.07) is 1.11. The molecule has 0 aliphatic carbocycles. The first-order chi connectivity index (χ1) is 6.25. The quantitative estimate of drug-likeness (QED) is 0.621. The maximum atomic E-state index is 10.8. The summed E-state index contributed by atoms with van der Waals surface area (Å²) in [5.41, 5.74) is 0. The summed E-state index contributed by atoms with van der Waals surface area (Å²) in [6.07, 6.45) is 6.07. The van der Waals surface area contributed by atoms with Crippen LogP contribution >= 0.6 is 0 Å². The van der Waals surface area contributed by atoms with E-state index in [-0.39, 0.29) is 12.1 Å². The molecule has 74 valence electrons. The lowest BCUT2D eigenvalue weighted by Crippen LogP contribution is -2.54. The van der Waals surface area contributed by atoms with Crippen LogP contribution in [-0.4, -0.2) is 24.2 Å². The molecule has 2 aliphatic rings. The summed E-state index contributed by atoms with van der Waals surface area (Å²) in [5, 5.41) is 3.53. The molecule has 3 heteroatoms. The molecule has 0 spiro atoms. The van der Waals surface area contributed by atoms with Crippen LogP contribution in [0.2, 0.25) is 0 Å². The Morgan fingerprint density at radius 2 is 2.15 bits per heavy atom. The standard InChI is InChI=1S/C10H17NO2/c1-7(12)13-10-6-5-8-3-2-4-9(10)11-8/h8-11H,2-6H2,1H3/t8-,9-,10-/m1/s1. The number of nitrogens with one attached hydrogen (secondary N) is 1. The molecule has 0 radical (unpaired) electrons. The Hall–Kier alpha value is -0.570. The van der Waals surface area contributed by atoms with Crippen LogP contribution in [0.5, 0.6) is 0 Å². The monoisotopic (exact) mass is 183 g/mol. The van der Waals surface area contributed by atoms with E-state index in [0.717, 1.165) is 19.3 Å². The summed E-state index contributed by atoms with van der Waals surface area (Å²) in [7, 11) is 0. The molecule has 3 nitrogen and oxygen atoms in total. The van der Waals surface area contributed by atoms with Crippen molar-refractivity contribution in [3.8, 4) is 0 Å². The molecule has 0 amide bonds. The second-order valence-electron chi connectivity index (χ2n) is 4.13. The third-order valence-electron chi connectivity index (χ3n) is 3.08. The summed E-state index contributed by atoms with van der Waals surface area (Å²) >= 11 is 0. The van der Waals surface area contributed by atoms with E-state index in [4.69, 9.17) is 4.74 Å². The van der Waals surface area contributed by atoms with Crippen molar-refractivity contribution < 1.29 is 9.53 Å². The fourth-order valence-corrected chi connectivity index (χ4v) is 2.50. The zero-order valence-corrected chi connectivity index (χ0v) is 8.08. The Morgan fingerprint density at radius 3 is 2.92 bits per heavy atom. The number of carbonyl (C=O) groups is 1. The number of hydrogen-bond donors (Lipinski definition) is 1. The Bertz CT molecular complexity index is 205. The molecule has 2 saturated heterocycles. The van der Waals surface area contributed by atoms with Gasteiger partial charge in [0.1, 0.15) is 6.10 Å². The van der Waals surface area contributed by atoms with E-state index in [0.29, 0.717) is 12.1 Å². The van der Waals surface area contributed by atoms with Crippen LogP contribution in [0.1, 0.15) is 39.0 Å². The number of carbonyl (C=O) groups excluding carboxylic acids is 1. The van der Waals surface area contributed by atoms with E-state index < -0.39 is 0 Å². The first kappa shape index (κ1) is 9.00. The maximum Gasteiger partial charge on any atom is 0.302 e. The SMILES string of the molecule is CC(=O)O[C@@H]1CC[C@H]2CCC[C@H]1N2. The van der Waals surface area contributed by atoms with Crippen molar-refractivity contribution in [2.45, 2.75) is 57.2 Å². The Morgan fingerprint density at radius 1 is 1.31 bits per heavy atom. The van der Waals surface area contributed by atoms with Gasteiger partial charge in [-0.15, -0.1) is 0 Å². The molecule has 2 rings (SSSR count). The Balaban J connectivity index is 1.93. The van der Waals surface area contributed by atoms with Crippen LogP contribution in [0.15, 0.2) is 0 Å². The second kappa shape index (κ2) is 3.66. The van der Waals surface area contributed by atoms with Crippen molar-refractivity contribution in [1.82, 2.24) is 5.32 Å². The number of ether oxygens (including phenoxy) is 1. The highest BCUT2D eigenvalue weighted by Crippen LogP contribution is 2.27. The summed E-state index contributed by atoms with van der Waals surface area (Å²) in [6.45, 7) is 1.49. The predicted octanol–water partition coefficient (Wildman–Crippen LogP) is 1.22. The van der Waals surface area contributed by atoms with Crippen molar-refractivity contribution in [3.05, 3.63) is 0 Å². The lowest BCUT2D eigenvalue weighted by Gasteiger charge is -2.40. The lowest BCUT2D eigenvalue weighted by atomic mass is 9.85. The number of fused-ring (bicyclic) bond motifs is 2. The van der Waals surface area contributed by atoms with E-state index in [9.17, 15) is 4.79 Å². The lowest BCUT2D eigenvalue weighted by molar-refractivity contribution is -0.150. The van der Waals surface area contributed by atoms with Crippen molar-refractivity contribution >= 4 is 5.97 Å². The first-order valence-electron chi connectivity index (χ1n) is 5.19. The van der Waals surface area contributed by atoms with Crippen LogP contribution in [0.4, 0.5) is 0 Å². The van der Waals surface area contributed by atoms with Crippen LogP contribution in [0.3, 0.4) is 0 Å². The highest BCUT2D eigenvalue weighted by Gasteiger charge is 2.34. The van der Waals surface area contributed by atoms with Gasteiger partial charge in [0, 0.05) is 19.0 Å². The number of rotatable bonds is 1. The topological polar surface area (TPSA) is 38.3 Å². The third-order valence-corrected chi connectivity index (χ3v) is 3.08. The van der Waals surface area contributed by atoms with Crippen LogP contribution in [-0.2, 0) is 9.53 Å². The molecule has 0 aromatic rings. The van der Waals surface area contributed by atoms with Crippen molar-refractivity contribution in [2.24, 2.45) is 0 Å². The van der Waals surface area contributed by atoms with Gasteiger partial charge in [-0.25, -0.2) is 0 Å². The zero-order chi connectivity index (χ0) is 9.26. The first-order valence-corrected chi connectivity index (χ1v) is 5.19. The van der Waals surface area contributed by atoms with Gasteiger partial charge >= 0.3 is 5.97 Å². The number of piperidine rings is 2. The molecule has 3 atom stereocenters. The van der Waals surface area contributed by atoms with Gasteiger partial charge in [-0.05, 0) is 25.7 Å². The molecule has 0 unspecified atom stereocenters. The Kier molecular flexibility index (Phi) is 2.54. The minimum atomic E-state index is -0.143.